The van der Waals surface area contributed by atoms with Gasteiger partial charge in [-0.15, -0.1) is 0 Å². The molecule has 0 aromatic carbocycles. The van der Waals surface area contributed by atoms with Gasteiger partial charge in [-0.1, -0.05) is 0 Å². The second-order valence-corrected chi connectivity index (χ2v) is 3.82. The van der Waals surface area contributed by atoms with E-state index in [-0.39, 0.29) is 24.3 Å². The van der Waals surface area contributed by atoms with Crippen molar-refractivity contribution in [3.8, 4) is 0 Å². The molecule has 8 nitrogen and oxygen atoms in total. The van der Waals surface area contributed by atoms with Crippen molar-refractivity contribution in [2.45, 2.75) is 12.6 Å². The predicted molar refractivity (Wildman–Crippen MR) is 65.8 cm³/mol. The number of aromatic nitrogens is 2. The number of aliphatic hydroxyl groups is 2. The molecule has 106 valence electrons. The summed E-state index contributed by atoms with van der Waals surface area (Å²) in [4.78, 5) is 23.1. The Morgan fingerprint density at radius 2 is 2.32 bits per heavy atom. The summed E-state index contributed by atoms with van der Waals surface area (Å²) in [7, 11) is 1.50. The molecule has 0 aliphatic heterocycles. The molecule has 1 atom stereocenters. The van der Waals surface area contributed by atoms with Crippen LogP contribution in [0.15, 0.2) is 16.9 Å². The van der Waals surface area contributed by atoms with Crippen molar-refractivity contribution in [3.63, 3.8) is 0 Å². The molecule has 0 aliphatic rings. The van der Waals surface area contributed by atoms with Gasteiger partial charge in [0.05, 0.1) is 25.9 Å². The lowest BCUT2D eigenvalue weighted by molar-refractivity contribution is 0.0796. The smallest absolute Gasteiger partial charge is 0.271 e. The Bertz CT molecular complexity index is 474. The van der Waals surface area contributed by atoms with Crippen LogP contribution < -0.4 is 10.9 Å². The summed E-state index contributed by atoms with van der Waals surface area (Å²) in [5, 5.41) is 24.0. The third kappa shape index (κ3) is 4.78. The Kier molecular flexibility index (Phi) is 6.13. The van der Waals surface area contributed by atoms with Gasteiger partial charge in [0, 0.05) is 19.7 Å². The average molecular weight is 271 g/mol. The highest BCUT2D eigenvalue weighted by Crippen LogP contribution is 1.91. The van der Waals surface area contributed by atoms with Crippen LogP contribution in [0.25, 0.3) is 0 Å². The molecule has 0 aliphatic carbocycles. The summed E-state index contributed by atoms with van der Waals surface area (Å²) in [5.41, 5.74) is -0.273. The van der Waals surface area contributed by atoms with Gasteiger partial charge in [0.25, 0.3) is 11.5 Å². The van der Waals surface area contributed by atoms with E-state index in [1.165, 1.54) is 19.2 Å². The van der Waals surface area contributed by atoms with E-state index in [4.69, 9.17) is 14.9 Å². The van der Waals surface area contributed by atoms with Crippen LogP contribution in [0.3, 0.4) is 0 Å². The fraction of sp³-hybridized carbons (Fsp3) is 0.545. The van der Waals surface area contributed by atoms with Crippen molar-refractivity contribution in [2.75, 3.05) is 26.9 Å². The first-order valence-corrected chi connectivity index (χ1v) is 5.72. The molecule has 1 heterocycles. The van der Waals surface area contributed by atoms with Crippen LogP contribution in [0.4, 0.5) is 0 Å². The Balaban J connectivity index is 2.72. The number of methoxy groups -OCH3 is 1. The Labute approximate surface area is 109 Å². The van der Waals surface area contributed by atoms with Crippen LogP contribution in [0.1, 0.15) is 10.5 Å². The Morgan fingerprint density at radius 3 is 2.95 bits per heavy atom. The Hall–Kier alpha value is -1.77. The van der Waals surface area contributed by atoms with Gasteiger partial charge in [-0.05, 0) is 6.07 Å². The zero-order valence-corrected chi connectivity index (χ0v) is 10.6. The summed E-state index contributed by atoms with van der Waals surface area (Å²) in [5.74, 6) is -0.529. The van der Waals surface area contributed by atoms with Gasteiger partial charge >= 0.3 is 0 Å². The topological polar surface area (TPSA) is 114 Å². The first-order chi connectivity index (χ1) is 9.08. The largest absolute Gasteiger partial charge is 0.394 e. The zero-order valence-electron chi connectivity index (χ0n) is 10.6. The molecule has 1 aromatic heterocycles. The summed E-state index contributed by atoms with van der Waals surface area (Å²) < 4.78 is 5.96. The standard InChI is InChI=1S/C11H17N3O5/c1-19-5-4-14-10(17)3-2-9(13-14)11(18)12-6-8(16)7-15/h2-3,8,15-16H,4-7H2,1H3,(H,12,18). The fourth-order valence-electron chi connectivity index (χ4n) is 1.27. The molecule has 1 unspecified atom stereocenters. The van der Waals surface area contributed by atoms with E-state index in [1.807, 2.05) is 0 Å². The lowest BCUT2D eigenvalue weighted by Crippen LogP contribution is -2.35. The molecule has 0 saturated carbocycles. The third-order valence-corrected chi connectivity index (χ3v) is 2.32. The molecule has 19 heavy (non-hydrogen) atoms. The number of hydrogen-bond acceptors (Lipinski definition) is 6. The number of ether oxygens (including phenoxy) is 1. The number of aliphatic hydroxyl groups excluding tert-OH is 2. The van der Waals surface area contributed by atoms with E-state index in [2.05, 4.69) is 10.4 Å². The van der Waals surface area contributed by atoms with Crippen LogP contribution in [-0.2, 0) is 11.3 Å². The highest BCUT2D eigenvalue weighted by atomic mass is 16.5. The van der Waals surface area contributed by atoms with Crippen LogP contribution >= 0.6 is 0 Å². The maximum absolute atomic E-state index is 11.7. The normalized spacial score (nSPS) is 12.2. The first kappa shape index (κ1) is 15.3. The second-order valence-electron chi connectivity index (χ2n) is 3.82. The van der Waals surface area contributed by atoms with E-state index in [9.17, 15) is 9.59 Å². The molecule has 3 N–H and O–H groups in total. The quantitative estimate of drug-likeness (QED) is 0.527. The van der Waals surface area contributed by atoms with Crippen molar-refractivity contribution in [1.82, 2.24) is 15.1 Å². The molecule has 1 aromatic rings. The van der Waals surface area contributed by atoms with E-state index < -0.39 is 18.6 Å². The summed E-state index contributed by atoms with van der Waals surface area (Å²) in [6, 6.07) is 2.53. The highest BCUT2D eigenvalue weighted by molar-refractivity contribution is 5.91. The maximum atomic E-state index is 11.7. The predicted octanol–water partition coefficient (Wildman–Crippen LogP) is -2.03. The SMILES string of the molecule is COCCn1nc(C(=O)NCC(O)CO)ccc1=O. The summed E-state index contributed by atoms with van der Waals surface area (Å²) in [6.07, 6.45) is -1.02. The zero-order chi connectivity index (χ0) is 14.3. The van der Waals surface area contributed by atoms with E-state index >= 15 is 0 Å². The monoisotopic (exact) mass is 271 g/mol. The van der Waals surface area contributed by atoms with E-state index in [1.54, 1.807) is 0 Å². The van der Waals surface area contributed by atoms with Crippen LogP contribution in [-0.4, -0.2) is 58.9 Å². The van der Waals surface area contributed by atoms with Crippen molar-refractivity contribution in [2.24, 2.45) is 0 Å². The van der Waals surface area contributed by atoms with Gasteiger partial charge in [0.2, 0.25) is 0 Å². The number of nitrogens with zero attached hydrogens (tertiary/aromatic N) is 2. The number of amides is 1. The lowest BCUT2D eigenvalue weighted by atomic mass is 10.3. The number of rotatable bonds is 7. The van der Waals surface area contributed by atoms with Crippen molar-refractivity contribution in [3.05, 3.63) is 28.2 Å². The number of hydrogen-bond donors (Lipinski definition) is 3. The molecule has 1 rings (SSSR count). The molecular formula is C11H17N3O5. The molecule has 1 amide bonds. The number of nitrogens with one attached hydrogen (secondary N) is 1. The van der Waals surface area contributed by atoms with E-state index in [0.29, 0.717) is 6.61 Å². The minimum atomic E-state index is -1.02. The first-order valence-electron chi connectivity index (χ1n) is 5.72. The molecule has 0 saturated heterocycles. The minimum Gasteiger partial charge on any atom is -0.394 e. The van der Waals surface area contributed by atoms with Gasteiger partial charge in [0.15, 0.2) is 0 Å². The highest BCUT2D eigenvalue weighted by Gasteiger charge is 2.11. The summed E-state index contributed by atoms with van der Waals surface area (Å²) >= 11 is 0. The van der Waals surface area contributed by atoms with Gasteiger partial charge < -0.3 is 20.3 Å². The minimum absolute atomic E-state index is 0.0563. The second kappa shape index (κ2) is 7.62. The van der Waals surface area contributed by atoms with Crippen molar-refractivity contribution >= 4 is 5.91 Å². The molecule has 0 spiro atoms. The van der Waals surface area contributed by atoms with E-state index in [0.717, 1.165) is 4.68 Å². The van der Waals surface area contributed by atoms with Gasteiger partial charge in [-0.2, -0.15) is 5.10 Å². The fourth-order valence-corrected chi connectivity index (χ4v) is 1.27. The van der Waals surface area contributed by atoms with Crippen molar-refractivity contribution < 1.29 is 19.7 Å². The molecule has 0 bridgehead atoms. The summed E-state index contributed by atoms with van der Waals surface area (Å²) in [6.45, 7) is 0.0200. The lowest BCUT2D eigenvalue weighted by Gasteiger charge is -2.09. The molecule has 0 fully saturated rings. The average Bonchev–Trinajstić information content (AvgIpc) is 2.43. The molecular weight excluding hydrogens is 254 g/mol. The van der Waals surface area contributed by atoms with Gasteiger partial charge in [-0.25, -0.2) is 4.68 Å². The molecule has 8 heteroatoms. The van der Waals surface area contributed by atoms with Crippen LogP contribution in [0.5, 0.6) is 0 Å². The Morgan fingerprint density at radius 1 is 1.58 bits per heavy atom. The number of carbonyl (C=O) groups excluding carboxylic acids is 1. The van der Waals surface area contributed by atoms with Crippen LogP contribution in [0, 0.1) is 0 Å². The van der Waals surface area contributed by atoms with Gasteiger partial charge in [-0.3, -0.25) is 9.59 Å². The third-order valence-electron chi connectivity index (χ3n) is 2.32. The van der Waals surface area contributed by atoms with Crippen molar-refractivity contribution in [1.29, 1.82) is 0 Å². The number of carbonyl (C=O) groups is 1. The van der Waals surface area contributed by atoms with Gasteiger partial charge in [0.1, 0.15) is 5.69 Å². The molecule has 0 radical (unpaired) electrons. The maximum Gasteiger partial charge on any atom is 0.271 e. The van der Waals surface area contributed by atoms with Crippen LogP contribution in [0.2, 0.25) is 0 Å².